The van der Waals surface area contributed by atoms with Crippen molar-refractivity contribution in [1.82, 2.24) is 4.98 Å². The lowest BCUT2D eigenvalue weighted by molar-refractivity contribution is 0.455. The largest absolute Gasteiger partial charge is 0.508 e. The molecule has 0 aliphatic rings. The van der Waals surface area contributed by atoms with Crippen LogP contribution in [-0.4, -0.2) is 15.2 Å². The molecular weight excluding hydrogens is 250 g/mol. The van der Waals surface area contributed by atoms with E-state index >= 15 is 0 Å². The first-order valence-electron chi connectivity index (χ1n) is 5.44. The summed E-state index contributed by atoms with van der Waals surface area (Å²) in [5.41, 5.74) is 2.52. The van der Waals surface area contributed by atoms with Gasteiger partial charge in [-0.1, -0.05) is 23.7 Å². The van der Waals surface area contributed by atoms with Gasteiger partial charge in [-0.2, -0.15) is 0 Å². The fourth-order valence-corrected chi connectivity index (χ4v) is 2.21. The van der Waals surface area contributed by atoms with Gasteiger partial charge in [-0.25, -0.2) is 0 Å². The van der Waals surface area contributed by atoms with Gasteiger partial charge in [0.05, 0.1) is 5.52 Å². The Morgan fingerprint density at radius 3 is 2.44 bits per heavy atom. The van der Waals surface area contributed by atoms with E-state index in [1.54, 1.807) is 24.4 Å². The van der Waals surface area contributed by atoms with E-state index < -0.39 is 0 Å². The van der Waals surface area contributed by atoms with Crippen LogP contribution >= 0.6 is 11.6 Å². The third-order valence-electron chi connectivity index (χ3n) is 2.90. The van der Waals surface area contributed by atoms with Crippen molar-refractivity contribution in [3.63, 3.8) is 0 Å². The van der Waals surface area contributed by atoms with Crippen LogP contribution in [0.2, 0.25) is 5.02 Å². The second-order valence-corrected chi connectivity index (χ2v) is 4.53. The van der Waals surface area contributed by atoms with E-state index in [2.05, 4.69) is 4.98 Å². The van der Waals surface area contributed by atoms with E-state index in [1.165, 1.54) is 6.07 Å². The zero-order valence-electron chi connectivity index (χ0n) is 9.31. The Bertz CT molecular complexity index is 716. The standard InChI is InChI=1S/C14H10ClNO2/c15-9-3-1-8(2-4-9)11-7-16-12-5-10(17)6-13(18)14(11)12/h1-7,16-18H. The molecule has 0 atom stereocenters. The lowest BCUT2D eigenvalue weighted by atomic mass is 10.0. The summed E-state index contributed by atoms with van der Waals surface area (Å²) < 4.78 is 0. The number of aromatic amines is 1. The van der Waals surface area contributed by atoms with Crippen LogP contribution < -0.4 is 0 Å². The van der Waals surface area contributed by atoms with Gasteiger partial charge in [0.2, 0.25) is 0 Å². The van der Waals surface area contributed by atoms with Gasteiger partial charge in [0, 0.05) is 34.3 Å². The van der Waals surface area contributed by atoms with E-state index in [9.17, 15) is 10.2 Å². The summed E-state index contributed by atoms with van der Waals surface area (Å²) in [5, 5.41) is 20.7. The fourth-order valence-electron chi connectivity index (χ4n) is 2.09. The topological polar surface area (TPSA) is 56.2 Å². The molecule has 0 spiro atoms. The molecule has 4 heteroatoms. The van der Waals surface area contributed by atoms with Crippen LogP contribution in [0.5, 0.6) is 11.5 Å². The minimum Gasteiger partial charge on any atom is -0.508 e. The average Bonchev–Trinajstić information content (AvgIpc) is 2.74. The minimum absolute atomic E-state index is 0.0320. The van der Waals surface area contributed by atoms with Crippen LogP contribution in [0.3, 0.4) is 0 Å². The molecule has 0 bridgehead atoms. The maximum atomic E-state index is 9.93. The Labute approximate surface area is 108 Å². The monoisotopic (exact) mass is 259 g/mol. The highest BCUT2D eigenvalue weighted by atomic mass is 35.5. The molecule has 0 aliphatic carbocycles. The number of aromatic nitrogens is 1. The van der Waals surface area contributed by atoms with Crippen molar-refractivity contribution in [3.8, 4) is 22.6 Å². The van der Waals surface area contributed by atoms with Crippen molar-refractivity contribution in [2.75, 3.05) is 0 Å². The number of rotatable bonds is 1. The van der Waals surface area contributed by atoms with Gasteiger partial charge >= 0.3 is 0 Å². The smallest absolute Gasteiger partial charge is 0.129 e. The molecule has 18 heavy (non-hydrogen) atoms. The number of aromatic hydroxyl groups is 2. The lowest BCUT2D eigenvalue weighted by Crippen LogP contribution is -1.76. The molecule has 1 heterocycles. The highest BCUT2D eigenvalue weighted by molar-refractivity contribution is 6.30. The van der Waals surface area contributed by atoms with Crippen molar-refractivity contribution in [2.24, 2.45) is 0 Å². The van der Waals surface area contributed by atoms with E-state index in [0.717, 1.165) is 11.1 Å². The summed E-state index contributed by atoms with van der Waals surface area (Å²) in [6, 6.07) is 10.3. The Morgan fingerprint density at radius 1 is 1.00 bits per heavy atom. The van der Waals surface area contributed by atoms with Crippen molar-refractivity contribution in [3.05, 3.63) is 47.6 Å². The van der Waals surface area contributed by atoms with E-state index in [1.807, 2.05) is 12.1 Å². The van der Waals surface area contributed by atoms with Gasteiger partial charge in [-0.05, 0) is 17.7 Å². The predicted octanol–water partition coefficient (Wildman–Crippen LogP) is 3.90. The van der Waals surface area contributed by atoms with Crippen LogP contribution in [-0.2, 0) is 0 Å². The molecule has 0 fully saturated rings. The summed E-state index contributed by atoms with van der Waals surface area (Å²) in [5.74, 6) is 0.0840. The molecule has 3 nitrogen and oxygen atoms in total. The summed E-state index contributed by atoms with van der Waals surface area (Å²) in [6.45, 7) is 0. The molecule has 0 saturated carbocycles. The number of phenolic OH excluding ortho intramolecular Hbond substituents is 2. The third-order valence-corrected chi connectivity index (χ3v) is 3.15. The van der Waals surface area contributed by atoms with Gasteiger partial charge in [0.15, 0.2) is 0 Å². The van der Waals surface area contributed by atoms with Crippen LogP contribution in [0, 0.1) is 0 Å². The van der Waals surface area contributed by atoms with Crippen molar-refractivity contribution >= 4 is 22.5 Å². The van der Waals surface area contributed by atoms with Crippen molar-refractivity contribution < 1.29 is 10.2 Å². The molecule has 0 aliphatic heterocycles. The molecule has 3 rings (SSSR count). The number of fused-ring (bicyclic) bond motifs is 1. The predicted molar refractivity (Wildman–Crippen MR) is 72.1 cm³/mol. The van der Waals surface area contributed by atoms with Crippen LogP contribution in [0.4, 0.5) is 0 Å². The molecule has 0 radical (unpaired) electrons. The number of benzene rings is 2. The third kappa shape index (κ3) is 1.69. The van der Waals surface area contributed by atoms with Gasteiger partial charge in [-0.3, -0.25) is 0 Å². The quantitative estimate of drug-likeness (QED) is 0.621. The molecule has 0 saturated heterocycles. The molecule has 1 aromatic heterocycles. The van der Waals surface area contributed by atoms with Crippen LogP contribution in [0.25, 0.3) is 22.0 Å². The van der Waals surface area contributed by atoms with E-state index in [4.69, 9.17) is 11.6 Å². The average molecular weight is 260 g/mol. The first kappa shape index (κ1) is 11.0. The summed E-state index contributed by atoms with van der Waals surface area (Å²) in [4.78, 5) is 3.03. The number of hydrogen-bond acceptors (Lipinski definition) is 2. The maximum absolute atomic E-state index is 9.93. The van der Waals surface area contributed by atoms with Gasteiger partial charge in [0.1, 0.15) is 11.5 Å². The number of H-pyrrole nitrogens is 1. The van der Waals surface area contributed by atoms with Crippen LogP contribution in [0.15, 0.2) is 42.6 Å². The second kappa shape index (κ2) is 3.96. The fraction of sp³-hybridized carbons (Fsp3) is 0. The Kier molecular flexibility index (Phi) is 2.42. The lowest BCUT2D eigenvalue weighted by Gasteiger charge is -2.02. The van der Waals surface area contributed by atoms with E-state index in [0.29, 0.717) is 15.9 Å². The Morgan fingerprint density at radius 2 is 1.72 bits per heavy atom. The summed E-state index contributed by atoms with van der Waals surface area (Å²) >= 11 is 5.85. The molecule has 2 aromatic carbocycles. The number of halogens is 1. The number of phenols is 2. The molecule has 0 unspecified atom stereocenters. The highest BCUT2D eigenvalue weighted by Crippen LogP contribution is 2.37. The second-order valence-electron chi connectivity index (χ2n) is 4.10. The molecule has 90 valence electrons. The SMILES string of the molecule is Oc1cc(O)c2c(-c3ccc(Cl)cc3)c[nH]c2c1. The van der Waals surface area contributed by atoms with Crippen LogP contribution in [0.1, 0.15) is 0 Å². The minimum atomic E-state index is 0.0320. The Balaban J connectivity index is 2.27. The first-order chi connectivity index (χ1) is 8.65. The van der Waals surface area contributed by atoms with Gasteiger partial charge in [0.25, 0.3) is 0 Å². The van der Waals surface area contributed by atoms with Gasteiger partial charge in [-0.15, -0.1) is 0 Å². The summed E-state index contributed by atoms with van der Waals surface area (Å²) in [7, 11) is 0. The number of nitrogens with one attached hydrogen (secondary N) is 1. The van der Waals surface area contributed by atoms with Crippen molar-refractivity contribution in [1.29, 1.82) is 0 Å². The maximum Gasteiger partial charge on any atom is 0.129 e. The van der Waals surface area contributed by atoms with E-state index in [-0.39, 0.29) is 11.5 Å². The summed E-state index contributed by atoms with van der Waals surface area (Å²) in [6.07, 6.45) is 1.80. The van der Waals surface area contributed by atoms with Gasteiger partial charge < -0.3 is 15.2 Å². The Hall–Kier alpha value is -2.13. The zero-order chi connectivity index (χ0) is 12.7. The zero-order valence-corrected chi connectivity index (χ0v) is 10.1. The van der Waals surface area contributed by atoms with Crippen molar-refractivity contribution in [2.45, 2.75) is 0 Å². The molecule has 3 N–H and O–H groups in total. The first-order valence-corrected chi connectivity index (χ1v) is 5.82. The number of hydrogen-bond donors (Lipinski definition) is 3. The highest BCUT2D eigenvalue weighted by Gasteiger charge is 2.11. The molecule has 0 amide bonds. The normalized spacial score (nSPS) is 10.9. The molecular formula is C14H10ClNO2. The molecule has 3 aromatic rings.